The first-order valence-corrected chi connectivity index (χ1v) is 9.92. The first-order valence-electron chi connectivity index (χ1n) is 9.51. The third-order valence-electron chi connectivity index (χ3n) is 4.52. The molecule has 0 amide bonds. The van der Waals surface area contributed by atoms with Crippen molar-refractivity contribution in [3.63, 3.8) is 0 Å². The summed E-state index contributed by atoms with van der Waals surface area (Å²) in [6, 6.07) is 5.97. The lowest BCUT2D eigenvalue weighted by atomic mass is 9.81. The number of hydrogen-bond donors (Lipinski definition) is 2. The van der Waals surface area contributed by atoms with Crippen LogP contribution in [-0.4, -0.2) is 54.7 Å². The summed E-state index contributed by atoms with van der Waals surface area (Å²) in [5, 5.41) is 25.9. The van der Waals surface area contributed by atoms with Crippen molar-refractivity contribution in [3.8, 4) is 0 Å². The van der Waals surface area contributed by atoms with Crippen molar-refractivity contribution in [2.24, 2.45) is 0 Å². The van der Waals surface area contributed by atoms with Crippen molar-refractivity contribution in [1.29, 1.82) is 0 Å². The number of nitrogens with two attached hydrogens (primary N) is 1. The van der Waals surface area contributed by atoms with Gasteiger partial charge in [-0.25, -0.2) is 4.79 Å². The Morgan fingerprint density at radius 1 is 1.43 bits per heavy atom. The van der Waals surface area contributed by atoms with Gasteiger partial charge in [-0.15, -0.1) is 0 Å². The van der Waals surface area contributed by atoms with E-state index < -0.39 is 16.8 Å². The number of morpholine rings is 1. The molecule has 2 aliphatic rings. The van der Waals surface area contributed by atoms with E-state index in [2.05, 4.69) is 10.6 Å². The third-order valence-corrected chi connectivity index (χ3v) is 4.84. The summed E-state index contributed by atoms with van der Waals surface area (Å²) in [6.07, 6.45) is 0. The number of esters is 1. The maximum atomic E-state index is 12.4. The number of nitro groups is 1. The van der Waals surface area contributed by atoms with Crippen molar-refractivity contribution in [2.75, 3.05) is 32.9 Å². The molecule has 0 radical (unpaired) electrons. The van der Waals surface area contributed by atoms with Crippen molar-refractivity contribution < 1.29 is 24.5 Å². The number of nitro benzene ring substituents is 1. The van der Waals surface area contributed by atoms with E-state index in [1.807, 2.05) is 5.87 Å². The molecule has 0 aromatic heterocycles. The molecule has 10 heteroatoms. The Morgan fingerprint density at radius 2 is 2.10 bits per heavy atom. The Balaban J connectivity index is 0.000000456. The summed E-state index contributed by atoms with van der Waals surface area (Å²) < 4.78 is 10.1. The van der Waals surface area contributed by atoms with Gasteiger partial charge in [0.1, 0.15) is 4.99 Å². The number of benzene rings is 1. The summed E-state index contributed by atoms with van der Waals surface area (Å²) >= 11 is 5.17. The number of hydrogen-bond acceptors (Lipinski definition) is 6. The monoisotopic (exact) mass is 432 g/mol. The number of allylic oxidation sites excluding steroid dienone is 1. The highest BCUT2D eigenvalue weighted by molar-refractivity contribution is 7.80. The number of nitrogens with one attached hydrogen (secondary N) is 1. The van der Waals surface area contributed by atoms with E-state index in [4.69, 9.17) is 21.7 Å². The van der Waals surface area contributed by atoms with Crippen LogP contribution in [0.5, 0.6) is 0 Å². The molecule has 0 bridgehead atoms. The fourth-order valence-corrected chi connectivity index (χ4v) is 3.50. The zero-order valence-electron chi connectivity index (χ0n) is 16.8. The molecule has 0 saturated carbocycles. The van der Waals surface area contributed by atoms with Gasteiger partial charge in [-0.1, -0.05) is 30.4 Å². The van der Waals surface area contributed by atoms with E-state index >= 15 is 0 Å². The summed E-state index contributed by atoms with van der Waals surface area (Å²) in [5.74, 6) is 0.386. The molecule has 2 heterocycles. The minimum atomic E-state index is -0.940. The molecule has 30 heavy (non-hydrogen) atoms. The number of ether oxygens (including phenoxy) is 2. The molecule has 1 aromatic carbocycles. The van der Waals surface area contributed by atoms with E-state index in [0.717, 1.165) is 26.3 Å². The number of rotatable bonds is 4. The second kappa shape index (κ2) is 11.3. The molecule has 1 aromatic rings. The second-order valence-electron chi connectivity index (χ2n) is 6.47. The van der Waals surface area contributed by atoms with Gasteiger partial charge in [-0.05, 0) is 13.8 Å². The molecule has 1 atom stereocenters. The molecule has 2 aliphatic heterocycles. The largest absolute Gasteiger partial charge is 0.763 e. The molecule has 3 N–H and O–H groups in total. The second-order valence-corrected chi connectivity index (χ2v) is 6.87. The number of quaternary nitrogens is 1. The SMILES string of the molecule is C1COCC[NH2+]1.CCOC(=O)C1=C(C)NC(=S)C(=C=[N-])C1c1ccccc1[N+](=O)[O-]. The minimum Gasteiger partial charge on any atom is -0.763 e. The van der Waals surface area contributed by atoms with E-state index in [0.29, 0.717) is 5.70 Å². The van der Waals surface area contributed by atoms with Gasteiger partial charge in [-0.2, -0.15) is 0 Å². The van der Waals surface area contributed by atoms with Crippen LogP contribution in [0.1, 0.15) is 25.3 Å². The molecule has 1 saturated heterocycles. The zero-order valence-corrected chi connectivity index (χ0v) is 17.7. The first-order chi connectivity index (χ1) is 14.4. The highest BCUT2D eigenvalue weighted by atomic mass is 32.1. The van der Waals surface area contributed by atoms with Crippen molar-refractivity contribution in [3.05, 3.63) is 62.2 Å². The highest BCUT2D eigenvalue weighted by Crippen LogP contribution is 2.40. The lowest BCUT2D eigenvalue weighted by Crippen LogP contribution is -2.87. The number of nitrogens with zero attached hydrogens (tertiary/aromatic N) is 2. The maximum absolute atomic E-state index is 12.4. The standard InChI is InChI=1S/C16H14N3O4S.C4H9NO/c1-3-23-16(20)13-9(2)18-15(24)11(8-17)14(13)10-6-4-5-7-12(10)19(21)22;1-3-6-4-2-5-1/h4-7,14H,3H2,1-2H3,(H,18,24);5H,1-4H2/q-1;/p+1. The topological polar surface area (TPSA) is 130 Å². The molecule has 1 fully saturated rings. The average molecular weight is 433 g/mol. The Bertz CT molecular complexity index is 893. The van der Waals surface area contributed by atoms with Crippen LogP contribution in [0.3, 0.4) is 0 Å². The molecule has 0 aliphatic carbocycles. The Kier molecular flexibility index (Phi) is 8.82. The number of thiocarbonyl (C=S) groups is 1. The van der Waals surface area contributed by atoms with Gasteiger partial charge in [0.05, 0.1) is 49.3 Å². The summed E-state index contributed by atoms with van der Waals surface area (Å²) in [4.78, 5) is 23.3. The Morgan fingerprint density at radius 3 is 2.60 bits per heavy atom. The lowest BCUT2D eigenvalue weighted by molar-refractivity contribution is -0.670. The average Bonchev–Trinajstić information content (AvgIpc) is 2.75. The number of para-hydroxylation sites is 1. The van der Waals surface area contributed by atoms with Crippen molar-refractivity contribution >= 4 is 34.7 Å². The summed E-state index contributed by atoms with van der Waals surface area (Å²) in [7, 11) is 0. The Labute approximate surface area is 179 Å². The highest BCUT2D eigenvalue weighted by Gasteiger charge is 2.37. The van der Waals surface area contributed by atoms with Gasteiger partial charge in [0.2, 0.25) is 0 Å². The van der Waals surface area contributed by atoms with Crippen LogP contribution in [-0.2, 0) is 14.3 Å². The predicted molar refractivity (Wildman–Crippen MR) is 115 cm³/mol. The molecular weight excluding hydrogens is 408 g/mol. The van der Waals surface area contributed by atoms with E-state index in [-0.39, 0.29) is 34.0 Å². The molecule has 0 spiro atoms. The van der Waals surface area contributed by atoms with Gasteiger partial charge < -0.3 is 25.5 Å². The van der Waals surface area contributed by atoms with E-state index in [1.54, 1.807) is 19.9 Å². The number of carbonyl (C=O) groups is 1. The molecule has 3 rings (SSSR count). The zero-order chi connectivity index (χ0) is 22.1. The van der Waals surface area contributed by atoms with Gasteiger partial charge in [0.15, 0.2) is 0 Å². The normalized spacial score (nSPS) is 18.5. The van der Waals surface area contributed by atoms with Crippen LogP contribution in [0.25, 0.3) is 5.41 Å². The van der Waals surface area contributed by atoms with Crippen molar-refractivity contribution in [2.45, 2.75) is 19.8 Å². The fraction of sp³-hybridized carbons (Fsp3) is 0.400. The smallest absolute Gasteiger partial charge is 0.336 e. The van der Waals surface area contributed by atoms with Crippen LogP contribution < -0.4 is 10.6 Å². The van der Waals surface area contributed by atoms with Gasteiger partial charge in [0.25, 0.3) is 5.69 Å². The van der Waals surface area contributed by atoms with E-state index in [9.17, 15) is 20.3 Å². The van der Waals surface area contributed by atoms with Crippen LogP contribution in [0.2, 0.25) is 0 Å². The number of carbonyl (C=O) groups excluding carboxylic acids is 1. The third kappa shape index (κ3) is 5.58. The van der Waals surface area contributed by atoms with Crippen LogP contribution >= 0.6 is 12.2 Å². The molecule has 160 valence electrons. The molecular formula is C20H24N4O5S. The van der Waals surface area contributed by atoms with E-state index in [1.165, 1.54) is 18.2 Å². The van der Waals surface area contributed by atoms with Gasteiger partial charge >= 0.3 is 5.97 Å². The Hall–Kier alpha value is -2.91. The molecule has 1 unspecified atom stereocenters. The quantitative estimate of drug-likeness (QED) is 0.183. The molecule has 9 nitrogen and oxygen atoms in total. The van der Waals surface area contributed by atoms with Crippen molar-refractivity contribution in [1.82, 2.24) is 5.32 Å². The minimum absolute atomic E-state index is 0.0768. The summed E-state index contributed by atoms with van der Waals surface area (Å²) in [6.45, 7) is 7.61. The maximum Gasteiger partial charge on any atom is 0.336 e. The van der Waals surface area contributed by atoms with Crippen LogP contribution in [0, 0.1) is 10.1 Å². The van der Waals surface area contributed by atoms with Gasteiger partial charge in [-0.3, -0.25) is 16.0 Å². The van der Waals surface area contributed by atoms with Crippen LogP contribution in [0.15, 0.2) is 41.1 Å². The predicted octanol–water partition coefficient (Wildman–Crippen LogP) is 1.19. The fourth-order valence-electron chi connectivity index (χ4n) is 3.18. The van der Waals surface area contributed by atoms with Gasteiger partial charge in [0, 0.05) is 22.9 Å². The van der Waals surface area contributed by atoms with Crippen LogP contribution in [0.4, 0.5) is 5.69 Å². The first kappa shape index (κ1) is 23.4. The summed E-state index contributed by atoms with van der Waals surface area (Å²) in [5.41, 5.74) is 0.685. The lowest BCUT2D eigenvalue weighted by Gasteiger charge is -2.30.